The summed E-state index contributed by atoms with van der Waals surface area (Å²) in [5, 5.41) is 0.808. The van der Waals surface area contributed by atoms with Crippen molar-refractivity contribution >= 4 is 23.2 Å². The lowest BCUT2D eigenvalue weighted by atomic mass is 9.96. The zero-order valence-corrected chi connectivity index (χ0v) is 11.6. The second-order valence-electron chi connectivity index (χ2n) is 4.69. The van der Waals surface area contributed by atoms with Crippen LogP contribution < -0.4 is 0 Å². The van der Waals surface area contributed by atoms with Crippen molar-refractivity contribution in [1.29, 1.82) is 0 Å². The molecule has 7 heteroatoms. The summed E-state index contributed by atoms with van der Waals surface area (Å²) in [5.41, 5.74) is 0.788. The topological polar surface area (TPSA) is 16.1 Å². The molecule has 0 radical (unpaired) electrons. The Morgan fingerprint density at radius 1 is 1.26 bits per heavy atom. The van der Waals surface area contributed by atoms with E-state index >= 15 is 0 Å². The molecule has 0 atom stereocenters. The Labute approximate surface area is 119 Å². The quantitative estimate of drug-likeness (QED) is 0.762. The van der Waals surface area contributed by atoms with Crippen LogP contribution in [0.15, 0.2) is 12.3 Å². The number of alkyl halides is 3. The van der Waals surface area contributed by atoms with Crippen molar-refractivity contribution in [3.05, 3.63) is 28.0 Å². The van der Waals surface area contributed by atoms with Crippen molar-refractivity contribution in [2.75, 3.05) is 13.1 Å². The standard InChI is InChI=1S/C12H13Cl2F3N2/c13-10-5-11(14)18-6-8(10)7-19-3-1-9(2-4-19)12(15,16)17/h5-6,9H,1-4,7H2. The number of rotatable bonds is 2. The first-order valence-corrected chi connectivity index (χ1v) is 6.71. The Bertz CT molecular complexity index is 443. The Balaban J connectivity index is 1.92. The zero-order chi connectivity index (χ0) is 14.0. The average Bonchev–Trinajstić information content (AvgIpc) is 2.32. The minimum atomic E-state index is -4.08. The first kappa shape index (κ1) is 14.9. The second-order valence-corrected chi connectivity index (χ2v) is 5.48. The highest BCUT2D eigenvalue weighted by Crippen LogP contribution is 2.34. The van der Waals surface area contributed by atoms with Gasteiger partial charge >= 0.3 is 6.18 Å². The van der Waals surface area contributed by atoms with E-state index in [1.165, 1.54) is 0 Å². The van der Waals surface area contributed by atoms with Gasteiger partial charge in [0.15, 0.2) is 0 Å². The lowest BCUT2D eigenvalue weighted by Crippen LogP contribution is -2.38. The van der Waals surface area contributed by atoms with Crippen LogP contribution in [0.3, 0.4) is 0 Å². The highest BCUT2D eigenvalue weighted by molar-refractivity contribution is 6.34. The normalized spacial score (nSPS) is 18.8. The van der Waals surface area contributed by atoms with Gasteiger partial charge < -0.3 is 0 Å². The van der Waals surface area contributed by atoms with Crippen LogP contribution in [0.5, 0.6) is 0 Å². The van der Waals surface area contributed by atoms with Crippen LogP contribution in [0.2, 0.25) is 10.2 Å². The summed E-state index contributed by atoms with van der Waals surface area (Å²) in [7, 11) is 0. The fourth-order valence-electron chi connectivity index (χ4n) is 2.21. The molecule has 1 aliphatic rings. The molecule has 106 valence electrons. The van der Waals surface area contributed by atoms with E-state index in [4.69, 9.17) is 23.2 Å². The van der Waals surface area contributed by atoms with Crippen molar-refractivity contribution < 1.29 is 13.2 Å². The van der Waals surface area contributed by atoms with Crippen molar-refractivity contribution in [1.82, 2.24) is 9.88 Å². The smallest absolute Gasteiger partial charge is 0.299 e. The van der Waals surface area contributed by atoms with Gasteiger partial charge in [0.1, 0.15) is 5.15 Å². The molecule has 0 bridgehead atoms. The molecule has 0 N–H and O–H groups in total. The van der Waals surface area contributed by atoms with Crippen molar-refractivity contribution in [2.45, 2.75) is 25.6 Å². The Kier molecular flexibility index (Phi) is 4.58. The Morgan fingerprint density at radius 3 is 2.42 bits per heavy atom. The SMILES string of the molecule is FC(F)(F)C1CCN(Cc2cnc(Cl)cc2Cl)CC1. The summed E-state index contributed by atoms with van der Waals surface area (Å²) in [6, 6.07) is 1.54. The van der Waals surface area contributed by atoms with E-state index in [2.05, 4.69) is 4.98 Å². The van der Waals surface area contributed by atoms with Gasteiger partial charge in [0.05, 0.1) is 5.92 Å². The molecule has 1 saturated heterocycles. The van der Waals surface area contributed by atoms with Crippen LogP contribution in [0, 0.1) is 5.92 Å². The molecule has 1 fully saturated rings. The van der Waals surface area contributed by atoms with Gasteiger partial charge in [-0.1, -0.05) is 23.2 Å². The molecule has 0 amide bonds. The molecule has 1 aromatic heterocycles. The van der Waals surface area contributed by atoms with Crippen molar-refractivity contribution in [2.24, 2.45) is 5.92 Å². The van der Waals surface area contributed by atoms with Crippen LogP contribution in [0.25, 0.3) is 0 Å². The summed E-state index contributed by atoms with van der Waals surface area (Å²) in [6.45, 7) is 1.35. The fourth-order valence-corrected chi connectivity index (χ4v) is 2.64. The first-order valence-electron chi connectivity index (χ1n) is 5.95. The lowest BCUT2D eigenvalue weighted by Gasteiger charge is -2.32. The van der Waals surface area contributed by atoms with E-state index < -0.39 is 12.1 Å². The van der Waals surface area contributed by atoms with Crippen molar-refractivity contribution in [3.63, 3.8) is 0 Å². The number of hydrogen-bond acceptors (Lipinski definition) is 2. The number of halogens is 5. The number of piperidine rings is 1. The number of hydrogen-bond donors (Lipinski definition) is 0. The summed E-state index contributed by atoms with van der Waals surface area (Å²) in [6.07, 6.45) is -2.23. The number of nitrogens with zero attached hydrogens (tertiary/aromatic N) is 2. The molecular formula is C12H13Cl2F3N2. The zero-order valence-electron chi connectivity index (χ0n) is 10.1. The second kappa shape index (κ2) is 5.85. The highest BCUT2D eigenvalue weighted by Gasteiger charge is 2.40. The van der Waals surface area contributed by atoms with Crippen LogP contribution in [-0.2, 0) is 6.54 Å². The third-order valence-electron chi connectivity index (χ3n) is 3.34. The summed E-state index contributed by atoms with van der Waals surface area (Å²) in [5.74, 6) is -1.18. The molecule has 2 heterocycles. The summed E-state index contributed by atoms with van der Waals surface area (Å²) < 4.78 is 37.6. The molecule has 19 heavy (non-hydrogen) atoms. The Morgan fingerprint density at radius 2 is 1.89 bits per heavy atom. The highest BCUT2D eigenvalue weighted by atomic mass is 35.5. The third kappa shape index (κ3) is 3.97. The summed E-state index contributed by atoms with van der Waals surface area (Å²) >= 11 is 11.7. The molecule has 0 aromatic carbocycles. The molecule has 0 aliphatic carbocycles. The third-order valence-corrected chi connectivity index (χ3v) is 3.90. The molecule has 0 unspecified atom stereocenters. The van der Waals surface area contributed by atoms with Gasteiger partial charge in [-0.05, 0) is 32.0 Å². The van der Waals surface area contributed by atoms with Gasteiger partial charge in [0.25, 0.3) is 0 Å². The maximum Gasteiger partial charge on any atom is 0.391 e. The minimum Gasteiger partial charge on any atom is -0.299 e. The number of likely N-dealkylation sites (tertiary alicyclic amines) is 1. The van der Waals surface area contributed by atoms with E-state index in [0.717, 1.165) is 5.56 Å². The van der Waals surface area contributed by atoms with Gasteiger partial charge in [-0.15, -0.1) is 0 Å². The lowest BCUT2D eigenvalue weighted by molar-refractivity contribution is -0.185. The molecular weight excluding hydrogens is 300 g/mol. The van der Waals surface area contributed by atoms with Gasteiger partial charge in [-0.25, -0.2) is 4.98 Å². The predicted molar refractivity (Wildman–Crippen MR) is 68.3 cm³/mol. The van der Waals surface area contributed by atoms with Gasteiger partial charge in [0.2, 0.25) is 0 Å². The van der Waals surface area contributed by atoms with E-state index in [0.29, 0.717) is 29.8 Å². The maximum absolute atomic E-state index is 12.5. The van der Waals surface area contributed by atoms with E-state index in [1.54, 1.807) is 12.3 Å². The predicted octanol–water partition coefficient (Wildman–Crippen LogP) is 4.16. The van der Waals surface area contributed by atoms with E-state index in [1.807, 2.05) is 4.90 Å². The molecule has 0 saturated carbocycles. The number of aromatic nitrogens is 1. The van der Waals surface area contributed by atoms with Crippen LogP contribution in [0.4, 0.5) is 13.2 Å². The van der Waals surface area contributed by atoms with Crippen molar-refractivity contribution in [3.8, 4) is 0 Å². The Hall–Kier alpha value is -0.520. The molecule has 1 aliphatic heterocycles. The fraction of sp³-hybridized carbons (Fsp3) is 0.583. The largest absolute Gasteiger partial charge is 0.391 e. The average molecular weight is 313 g/mol. The van der Waals surface area contributed by atoms with Crippen LogP contribution in [-0.4, -0.2) is 29.1 Å². The van der Waals surface area contributed by atoms with Gasteiger partial charge in [-0.2, -0.15) is 13.2 Å². The molecule has 2 rings (SSSR count). The molecule has 2 nitrogen and oxygen atoms in total. The first-order chi connectivity index (χ1) is 8.86. The van der Waals surface area contributed by atoms with Crippen LogP contribution in [0.1, 0.15) is 18.4 Å². The number of pyridine rings is 1. The van der Waals surface area contributed by atoms with Gasteiger partial charge in [0, 0.05) is 23.3 Å². The molecule has 1 aromatic rings. The summed E-state index contributed by atoms with van der Waals surface area (Å²) in [4.78, 5) is 5.89. The maximum atomic E-state index is 12.5. The van der Waals surface area contributed by atoms with Crippen LogP contribution >= 0.6 is 23.2 Å². The monoisotopic (exact) mass is 312 g/mol. The minimum absolute atomic E-state index is 0.141. The van der Waals surface area contributed by atoms with E-state index in [9.17, 15) is 13.2 Å². The van der Waals surface area contributed by atoms with Gasteiger partial charge in [-0.3, -0.25) is 4.90 Å². The van der Waals surface area contributed by atoms with E-state index in [-0.39, 0.29) is 12.8 Å². The molecule has 0 spiro atoms.